The van der Waals surface area contributed by atoms with E-state index >= 15 is 0 Å². The van der Waals surface area contributed by atoms with Gasteiger partial charge in [0, 0.05) is 6.20 Å². The molecule has 2 heterocycles. The summed E-state index contributed by atoms with van der Waals surface area (Å²) < 4.78 is 0. The molecule has 20 heavy (non-hydrogen) atoms. The molecule has 0 aliphatic carbocycles. The molecule has 0 saturated carbocycles. The molecule has 2 nitrogen and oxygen atoms in total. The number of rotatable bonds is 2. The summed E-state index contributed by atoms with van der Waals surface area (Å²) in [5.74, 6) is 0. The van der Waals surface area contributed by atoms with Gasteiger partial charge in [-0.25, -0.2) is 0 Å². The molecule has 1 aliphatic heterocycles. The van der Waals surface area contributed by atoms with E-state index < -0.39 is 0 Å². The van der Waals surface area contributed by atoms with E-state index in [1.165, 1.54) is 16.1 Å². The number of hydrazine groups is 1. The van der Waals surface area contributed by atoms with Crippen LogP contribution in [0.2, 0.25) is 0 Å². The second kappa shape index (κ2) is 4.98. The molecule has 0 spiro atoms. The van der Waals surface area contributed by atoms with Gasteiger partial charge in [-0.1, -0.05) is 45.0 Å². The molecule has 1 aliphatic rings. The lowest BCUT2D eigenvalue weighted by Gasteiger charge is -2.26. The Morgan fingerprint density at radius 2 is 1.85 bits per heavy atom. The Labute approximate surface area is 124 Å². The van der Waals surface area contributed by atoms with Crippen LogP contribution in [0.15, 0.2) is 54.1 Å². The molecule has 1 aromatic heterocycles. The van der Waals surface area contributed by atoms with Crippen molar-refractivity contribution in [3.05, 3.63) is 65.2 Å². The van der Waals surface area contributed by atoms with Crippen LogP contribution in [0.5, 0.6) is 0 Å². The minimum atomic E-state index is 0.204. The van der Waals surface area contributed by atoms with Gasteiger partial charge < -0.3 is 5.43 Å². The maximum absolute atomic E-state index is 3.32. The standard InChI is InChI=1S/C17H20N2S/c1-17(2,3)14-8-6-13(7-9-14)15-10-11-18-19(15)16-5-4-12-20-16/h4-12,15,18H,1-3H3. The fraction of sp³-hybridized carbons (Fsp3) is 0.294. The van der Waals surface area contributed by atoms with Crippen LogP contribution in [0, 0.1) is 0 Å². The van der Waals surface area contributed by atoms with Crippen LogP contribution in [-0.2, 0) is 5.41 Å². The van der Waals surface area contributed by atoms with Crippen molar-refractivity contribution in [2.24, 2.45) is 0 Å². The highest BCUT2D eigenvalue weighted by molar-refractivity contribution is 7.14. The molecule has 1 atom stereocenters. The smallest absolute Gasteiger partial charge is 0.111 e. The largest absolute Gasteiger partial charge is 0.304 e. The predicted molar refractivity (Wildman–Crippen MR) is 87.0 cm³/mol. The number of anilines is 1. The summed E-state index contributed by atoms with van der Waals surface area (Å²) in [5, 5.41) is 5.55. The van der Waals surface area contributed by atoms with Crippen molar-refractivity contribution in [3.63, 3.8) is 0 Å². The summed E-state index contributed by atoms with van der Waals surface area (Å²) >= 11 is 1.75. The van der Waals surface area contributed by atoms with Crippen LogP contribution in [0.3, 0.4) is 0 Å². The Balaban J connectivity index is 1.87. The molecule has 3 rings (SSSR count). The van der Waals surface area contributed by atoms with Crippen LogP contribution < -0.4 is 10.4 Å². The van der Waals surface area contributed by atoms with E-state index in [1.54, 1.807) is 11.3 Å². The number of hydrogen-bond donors (Lipinski definition) is 1. The Bertz CT molecular complexity index is 591. The quantitative estimate of drug-likeness (QED) is 0.865. The Morgan fingerprint density at radius 3 is 2.45 bits per heavy atom. The lowest BCUT2D eigenvalue weighted by molar-refractivity contribution is 0.589. The van der Waals surface area contributed by atoms with Gasteiger partial charge in [0.2, 0.25) is 0 Å². The third-order valence-corrected chi connectivity index (χ3v) is 4.50. The molecule has 0 bridgehead atoms. The minimum Gasteiger partial charge on any atom is -0.304 e. The molecule has 0 amide bonds. The highest BCUT2D eigenvalue weighted by Crippen LogP contribution is 2.33. The third kappa shape index (κ3) is 2.46. The molecule has 1 N–H and O–H groups in total. The Hall–Kier alpha value is -1.74. The number of benzene rings is 1. The molecule has 104 valence electrons. The van der Waals surface area contributed by atoms with Crippen LogP contribution >= 0.6 is 11.3 Å². The van der Waals surface area contributed by atoms with E-state index in [4.69, 9.17) is 0 Å². The molecule has 0 fully saturated rings. The third-order valence-electron chi connectivity index (χ3n) is 3.63. The number of nitrogens with zero attached hydrogens (tertiary/aromatic N) is 1. The lowest BCUT2D eigenvalue weighted by atomic mass is 9.86. The van der Waals surface area contributed by atoms with Gasteiger partial charge in [-0.2, -0.15) is 0 Å². The summed E-state index contributed by atoms with van der Waals surface area (Å²) in [6, 6.07) is 13.5. The first-order chi connectivity index (χ1) is 9.55. The first-order valence-corrected chi connectivity index (χ1v) is 7.80. The van der Waals surface area contributed by atoms with Crippen molar-refractivity contribution in [1.29, 1.82) is 0 Å². The average Bonchev–Trinajstić information content (AvgIpc) is 3.08. The van der Waals surface area contributed by atoms with Gasteiger partial charge in [0.05, 0.1) is 6.04 Å². The fourth-order valence-corrected chi connectivity index (χ4v) is 3.16. The zero-order valence-electron chi connectivity index (χ0n) is 12.1. The summed E-state index contributed by atoms with van der Waals surface area (Å²) in [6.45, 7) is 6.74. The number of thiophene rings is 1. The Kier molecular flexibility index (Phi) is 3.30. The van der Waals surface area contributed by atoms with E-state index in [1.807, 2.05) is 6.20 Å². The Morgan fingerprint density at radius 1 is 1.10 bits per heavy atom. The second-order valence-electron chi connectivity index (χ2n) is 6.13. The van der Waals surface area contributed by atoms with Gasteiger partial charge in [0.1, 0.15) is 5.00 Å². The average molecular weight is 284 g/mol. The molecular weight excluding hydrogens is 264 g/mol. The zero-order valence-corrected chi connectivity index (χ0v) is 12.9. The molecule has 0 saturated heterocycles. The van der Waals surface area contributed by atoms with E-state index in [2.05, 4.69) is 79.1 Å². The molecule has 0 radical (unpaired) electrons. The normalized spacial score (nSPS) is 18.4. The first kappa shape index (κ1) is 13.3. The lowest BCUT2D eigenvalue weighted by Crippen LogP contribution is -2.31. The van der Waals surface area contributed by atoms with Crippen molar-refractivity contribution in [3.8, 4) is 0 Å². The van der Waals surface area contributed by atoms with Crippen molar-refractivity contribution in [1.82, 2.24) is 5.43 Å². The SMILES string of the molecule is CC(C)(C)c1ccc(C2C=CNN2c2cccs2)cc1. The van der Waals surface area contributed by atoms with Crippen LogP contribution in [0.25, 0.3) is 0 Å². The van der Waals surface area contributed by atoms with Gasteiger partial charge in [0.25, 0.3) is 0 Å². The van der Waals surface area contributed by atoms with Crippen molar-refractivity contribution < 1.29 is 0 Å². The highest BCUT2D eigenvalue weighted by atomic mass is 32.1. The predicted octanol–water partition coefficient (Wildman–Crippen LogP) is 4.63. The van der Waals surface area contributed by atoms with Crippen LogP contribution in [0.4, 0.5) is 5.00 Å². The maximum atomic E-state index is 3.32. The summed E-state index contributed by atoms with van der Waals surface area (Å²) in [4.78, 5) is 0. The van der Waals surface area contributed by atoms with E-state index in [0.717, 1.165) is 0 Å². The molecule has 3 heteroatoms. The number of hydrogen-bond acceptors (Lipinski definition) is 3. The zero-order chi connectivity index (χ0) is 14.2. The molecule has 1 unspecified atom stereocenters. The van der Waals surface area contributed by atoms with Crippen molar-refractivity contribution in [2.75, 3.05) is 5.01 Å². The first-order valence-electron chi connectivity index (χ1n) is 6.92. The van der Waals surface area contributed by atoms with E-state index in [-0.39, 0.29) is 11.5 Å². The highest BCUT2D eigenvalue weighted by Gasteiger charge is 2.23. The van der Waals surface area contributed by atoms with Gasteiger partial charge in [-0.3, -0.25) is 5.01 Å². The molecule has 1 aromatic carbocycles. The van der Waals surface area contributed by atoms with Crippen LogP contribution in [-0.4, -0.2) is 0 Å². The summed E-state index contributed by atoms with van der Waals surface area (Å²) in [5.41, 5.74) is 6.21. The monoisotopic (exact) mass is 284 g/mol. The fourth-order valence-electron chi connectivity index (χ4n) is 2.43. The van der Waals surface area contributed by atoms with Gasteiger partial charge in [-0.05, 0) is 40.1 Å². The van der Waals surface area contributed by atoms with Gasteiger partial charge in [-0.15, -0.1) is 11.3 Å². The molecule has 2 aromatic rings. The van der Waals surface area contributed by atoms with Crippen molar-refractivity contribution in [2.45, 2.75) is 32.2 Å². The molecular formula is C17H20N2S. The van der Waals surface area contributed by atoms with E-state index in [0.29, 0.717) is 0 Å². The summed E-state index contributed by atoms with van der Waals surface area (Å²) in [6.07, 6.45) is 4.22. The minimum absolute atomic E-state index is 0.204. The summed E-state index contributed by atoms with van der Waals surface area (Å²) in [7, 11) is 0. The topological polar surface area (TPSA) is 15.3 Å². The van der Waals surface area contributed by atoms with Crippen LogP contribution in [0.1, 0.15) is 37.9 Å². The van der Waals surface area contributed by atoms with Gasteiger partial charge >= 0.3 is 0 Å². The maximum Gasteiger partial charge on any atom is 0.111 e. The van der Waals surface area contributed by atoms with Gasteiger partial charge in [0.15, 0.2) is 0 Å². The second-order valence-corrected chi connectivity index (χ2v) is 7.05. The number of nitrogens with one attached hydrogen (secondary N) is 1. The van der Waals surface area contributed by atoms with Crippen molar-refractivity contribution >= 4 is 16.3 Å². The van der Waals surface area contributed by atoms with E-state index in [9.17, 15) is 0 Å².